The number of likely N-dealkylation sites (tertiary alicyclic amines) is 1. The maximum Gasteiger partial charge on any atom is 0.242 e. The van der Waals surface area contributed by atoms with Gasteiger partial charge in [-0.3, -0.25) is 9.69 Å². The van der Waals surface area contributed by atoms with Crippen LogP contribution in [0.25, 0.3) is 0 Å². The van der Waals surface area contributed by atoms with Crippen LogP contribution in [0.2, 0.25) is 0 Å². The van der Waals surface area contributed by atoms with E-state index < -0.39 is 0 Å². The minimum absolute atomic E-state index is 0. The zero-order valence-electron chi connectivity index (χ0n) is 18.3. The Kier molecular flexibility index (Phi) is 11.6. The fourth-order valence-electron chi connectivity index (χ4n) is 3.48. The number of amides is 1. The summed E-state index contributed by atoms with van der Waals surface area (Å²) in [5.41, 5.74) is 1.12. The largest absolute Gasteiger partial charge is 0.357 e. The number of nitrogens with zero attached hydrogens (tertiary/aromatic N) is 2. The normalized spacial score (nSPS) is 17.9. The maximum absolute atomic E-state index is 12.0. The first-order valence-corrected chi connectivity index (χ1v) is 10.5. The van der Waals surface area contributed by atoms with Crippen molar-refractivity contribution in [2.45, 2.75) is 65.1 Å². The van der Waals surface area contributed by atoms with E-state index in [4.69, 9.17) is 0 Å². The molecule has 0 radical (unpaired) electrons. The van der Waals surface area contributed by atoms with Gasteiger partial charge in [-0.1, -0.05) is 36.8 Å². The molecule has 1 atom stereocenters. The van der Waals surface area contributed by atoms with Crippen LogP contribution in [0.5, 0.6) is 0 Å². The van der Waals surface area contributed by atoms with E-state index in [1.807, 2.05) is 27.7 Å². The monoisotopic (exact) mass is 515 g/mol. The molecule has 0 aromatic heterocycles. The molecule has 1 fully saturated rings. The molecule has 6 nitrogen and oxygen atoms in total. The summed E-state index contributed by atoms with van der Waals surface area (Å²) in [5, 5.41) is 9.63. The van der Waals surface area contributed by atoms with E-state index in [2.05, 4.69) is 56.2 Å². The van der Waals surface area contributed by atoms with Crippen molar-refractivity contribution in [3.8, 4) is 0 Å². The Balaban J connectivity index is 0.00000420. The molecule has 1 aromatic carbocycles. The number of halogens is 1. The van der Waals surface area contributed by atoms with Crippen LogP contribution in [0.15, 0.2) is 35.3 Å². The number of aliphatic imine (C=N–C) groups is 1. The van der Waals surface area contributed by atoms with Gasteiger partial charge < -0.3 is 16.0 Å². The fraction of sp³-hybridized carbons (Fsp3) is 0.636. The second-order valence-corrected chi connectivity index (χ2v) is 8.48. The van der Waals surface area contributed by atoms with Crippen molar-refractivity contribution in [2.75, 3.05) is 26.2 Å². The topological polar surface area (TPSA) is 68.8 Å². The summed E-state index contributed by atoms with van der Waals surface area (Å²) in [5.74, 6) is 0.643. The molecule has 1 heterocycles. The first kappa shape index (κ1) is 25.7. The van der Waals surface area contributed by atoms with Gasteiger partial charge in [-0.05, 0) is 52.6 Å². The van der Waals surface area contributed by atoms with E-state index >= 15 is 0 Å². The lowest BCUT2D eigenvalue weighted by atomic mass is 10.0. The van der Waals surface area contributed by atoms with Gasteiger partial charge in [0.15, 0.2) is 5.96 Å². The van der Waals surface area contributed by atoms with Crippen molar-refractivity contribution in [3.63, 3.8) is 0 Å². The highest BCUT2D eigenvalue weighted by Crippen LogP contribution is 2.19. The Morgan fingerprint density at radius 1 is 1.17 bits per heavy atom. The van der Waals surface area contributed by atoms with Crippen molar-refractivity contribution < 1.29 is 4.79 Å². The number of hydrogen-bond acceptors (Lipinski definition) is 3. The number of guanidine groups is 1. The molecule has 164 valence electrons. The quantitative estimate of drug-likeness (QED) is 0.297. The fourth-order valence-corrected chi connectivity index (χ4v) is 3.48. The summed E-state index contributed by atoms with van der Waals surface area (Å²) in [4.78, 5) is 19.1. The third kappa shape index (κ3) is 10.3. The van der Waals surface area contributed by atoms with Crippen molar-refractivity contribution in [1.82, 2.24) is 20.9 Å². The molecule has 0 bridgehead atoms. The van der Waals surface area contributed by atoms with Crippen molar-refractivity contribution in [2.24, 2.45) is 4.99 Å². The number of hydrogen-bond donors (Lipinski definition) is 3. The Bertz CT molecular complexity index is 630. The predicted octanol–water partition coefficient (Wildman–Crippen LogP) is 3.13. The summed E-state index contributed by atoms with van der Waals surface area (Å²) in [7, 11) is 0. The Hall–Kier alpha value is -1.35. The van der Waals surface area contributed by atoms with Gasteiger partial charge in [0.05, 0.1) is 0 Å². The van der Waals surface area contributed by atoms with Crippen molar-refractivity contribution in [3.05, 3.63) is 35.9 Å². The highest BCUT2D eigenvalue weighted by Gasteiger charge is 2.22. The minimum Gasteiger partial charge on any atom is -0.357 e. The van der Waals surface area contributed by atoms with Crippen LogP contribution in [-0.2, 0) is 11.3 Å². The zero-order valence-corrected chi connectivity index (χ0v) is 20.7. The zero-order chi connectivity index (χ0) is 20.4. The van der Waals surface area contributed by atoms with Crippen LogP contribution in [0, 0.1) is 0 Å². The summed E-state index contributed by atoms with van der Waals surface area (Å²) >= 11 is 0. The average Bonchev–Trinajstić information content (AvgIpc) is 2.64. The number of nitrogens with one attached hydrogen (secondary N) is 3. The third-order valence-electron chi connectivity index (χ3n) is 4.72. The summed E-state index contributed by atoms with van der Waals surface area (Å²) < 4.78 is 0. The Labute approximate surface area is 193 Å². The molecule has 1 amide bonds. The Morgan fingerprint density at radius 2 is 1.90 bits per heavy atom. The molecular formula is C22H38IN5O. The summed E-state index contributed by atoms with van der Waals surface area (Å²) in [6.07, 6.45) is 3.70. The highest BCUT2D eigenvalue weighted by molar-refractivity contribution is 14.0. The number of piperidine rings is 1. The number of benzene rings is 1. The molecular weight excluding hydrogens is 477 g/mol. The number of rotatable bonds is 7. The van der Waals surface area contributed by atoms with E-state index in [0.29, 0.717) is 12.0 Å². The van der Waals surface area contributed by atoms with Gasteiger partial charge >= 0.3 is 0 Å². The molecule has 1 unspecified atom stereocenters. The van der Waals surface area contributed by atoms with E-state index in [1.165, 1.54) is 24.8 Å². The molecule has 1 aliphatic rings. The molecule has 29 heavy (non-hydrogen) atoms. The lowest BCUT2D eigenvalue weighted by molar-refractivity contribution is -0.121. The molecule has 3 N–H and O–H groups in total. The molecule has 2 rings (SSSR count). The average molecular weight is 515 g/mol. The van der Waals surface area contributed by atoms with Crippen LogP contribution < -0.4 is 16.0 Å². The smallest absolute Gasteiger partial charge is 0.242 e. The first-order valence-electron chi connectivity index (χ1n) is 10.5. The standard InChI is InChI=1S/C22H37N5O.HI/c1-5-23-21(25-16-20(28)26-22(2,3)4)24-15-19-13-9-10-14-27(19)17-18-11-7-6-8-12-18;/h6-8,11-12,19H,5,9-10,13-17H2,1-4H3,(H,26,28)(H2,23,24,25);1H. The maximum atomic E-state index is 12.0. The number of carbonyl (C=O) groups excluding carboxylic acids is 1. The van der Waals surface area contributed by atoms with E-state index in [-0.39, 0.29) is 42.0 Å². The first-order chi connectivity index (χ1) is 13.4. The van der Waals surface area contributed by atoms with Crippen molar-refractivity contribution in [1.29, 1.82) is 0 Å². The SMILES string of the molecule is CCNC(=NCC(=O)NC(C)(C)C)NCC1CCCCN1Cc1ccccc1.I. The van der Waals surface area contributed by atoms with Gasteiger partial charge in [-0.2, -0.15) is 0 Å². The van der Waals surface area contributed by atoms with E-state index in [9.17, 15) is 4.79 Å². The third-order valence-corrected chi connectivity index (χ3v) is 4.72. The van der Waals surface area contributed by atoms with Gasteiger partial charge in [-0.15, -0.1) is 24.0 Å². The second kappa shape index (κ2) is 13.1. The number of carbonyl (C=O) groups is 1. The molecule has 1 saturated heterocycles. The van der Waals surface area contributed by atoms with Gasteiger partial charge in [0.2, 0.25) is 5.91 Å². The van der Waals surface area contributed by atoms with Gasteiger partial charge in [-0.25, -0.2) is 4.99 Å². The van der Waals surface area contributed by atoms with Crippen LogP contribution in [0.1, 0.15) is 52.5 Å². The van der Waals surface area contributed by atoms with Crippen LogP contribution in [-0.4, -0.2) is 54.5 Å². The molecule has 1 aliphatic heterocycles. The minimum atomic E-state index is -0.238. The van der Waals surface area contributed by atoms with Crippen molar-refractivity contribution >= 4 is 35.8 Å². The van der Waals surface area contributed by atoms with Gasteiger partial charge in [0.25, 0.3) is 0 Å². The molecule has 7 heteroatoms. The lowest BCUT2D eigenvalue weighted by Gasteiger charge is -2.36. The Morgan fingerprint density at radius 3 is 2.55 bits per heavy atom. The summed E-state index contributed by atoms with van der Waals surface area (Å²) in [6.45, 7) is 11.8. The molecule has 0 saturated carbocycles. The molecule has 1 aromatic rings. The second-order valence-electron chi connectivity index (χ2n) is 8.48. The highest BCUT2D eigenvalue weighted by atomic mass is 127. The predicted molar refractivity (Wildman–Crippen MR) is 132 cm³/mol. The van der Waals surface area contributed by atoms with Gasteiger partial charge in [0.1, 0.15) is 6.54 Å². The van der Waals surface area contributed by atoms with Gasteiger partial charge in [0, 0.05) is 31.2 Å². The van der Waals surface area contributed by atoms with Crippen LogP contribution in [0.4, 0.5) is 0 Å². The van der Waals surface area contributed by atoms with Crippen LogP contribution >= 0.6 is 24.0 Å². The molecule has 0 spiro atoms. The van der Waals surface area contributed by atoms with E-state index in [1.54, 1.807) is 0 Å². The summed E-state index contributed by atoms with van der Waals surface area (Å²) in [6, 6.07) is 11.1. The van der Waals surface area contributed by atoms with E-state index in [0.717, 1.165) is 26.2 Å². The van der Waals surface area contributed by atoms with Crippen LogP contribution in [0.3, 0.4) is 0 Å². The molecule has 0 aliphatic carbocycles. The lowest BCUT2D eigenvalue weighted by Crippen LogP contribution is -2.49.